The number of likely N-dealkylation sites (tertiary alicyclic amines) is 1. The van der Waals surface area contributed by atoms with E-state index in [1.807, 2.05) is 12.1 Å². The number of aliphatic hydroxyl groups is 1. The van der Waals surface area contributed by atoms with Gasteiger partial charge in [-0.2, -0.15) is 0 Å². The van der Waals surface area contributed by atoms with Crippen molar-refractivity contribution in [2.24, 2.45) is 0 Å². The van der Waals surface area contributed by atoms with Crippen molar-refractivity contribution in [1.82, 2.24) is 4.90 Å². The molecule has 1 amide bonds. The summed E-state index contributed by atoms with van der Waals surface area (Å²) in [6.07, 6.45) is 1.45. The van der Waals surface area contributed by atoms with Crippen LogP contribution in [0.4, 0.5) is 5.69 Å². The maximum Gasteiger partial charge on any atom is 0.235 e. The van der Waals surface area contributed by atoms with Crippen LogP contribution in [0.5, 0.6) is 5.75 Å². The quantitative estimate of drug-likeness (QED) is 0.653. The van der Waals surface area contributed by atoms with Crippen LogP contribution in [0, 0.1) is 0 Å². The number of piperidine rings is 1. The van der Waals surface area contributed by atoms with E-state index in [1.54, 1.807) is 18.2 Å². The molecule has 2 aliphatic rings. The van der Waals surface area contributed by atoms with Gasteiger partial charge < -0.3 is 15.2 Å². The molecule has 4 rings (SSSR count). The third-order valence-electron chi connectivity index (χ3n) is 6.11. The normalized spacial score (nSPS) is 18.1. The van der Waals surface area contributed by atoms with Crippen molar-refractivity contribution in [1.29, 1.82) is 0 Å². The molecule has 2 aliphatic heterocycles. The number of fused-ring (bicyclic) bond motifs is 2. The number of benzene rings is 2. The van der Waals surface area contributed by atoms with Crippen LogP contribution in [0.3, 0.4) is 0 Å². The Hall–Kier alpha value is -2.13. The van der Waals surface area contributed by atoms with Gasteiger partial charge in [0.2, 0.25) is 5.91 Å². The summed E-state index contributed by atoms with van der Waals surface area (Å²) in [5.74, 6) is 0.352. The number of sulfone groups is 1. The first kappa shape index (κ1) is 22.1. The second-order valence-electron chi connectivity index (χ2n) is 7.93. The highest BCUT2D eigenvalue weighted by Gasteiger charge is 2.48. The molecule has 2 N–H and O–H groups in total. The molecule has 1 spiro atoms. The standard InChI is InChI=1S/C22H25ClN2O5S/c23-16-1-6-20-19(15-16)22(21(27)24-20)7-9-25(10-8-22)11-13-30-17-2-4-18(5-3-17)31(28,29)14-12-26/h1-6,15,26H,7-14H2,(H,24,27). The lowest BCUT2D eigenvalue weighted by Gasteiger charge is -2.37. The summed E-state index contributed by atoms with van der Waals surface area (Å²) in [4.78, 5) is 15.1. The number of amides is 1. The van der Waals surface area contributed by atoms with Crippen molar-refractivity contribution in [3.05, 3.63) is 53.1 Å². The number of nitrogens with one attached hydrogen (secondary N) is 1. The Morgan fingerprint density at radius 3 is 2.52 bits per heavy atom. The van der Waals surface area contributed by atoms with Gasteiger partial charge in [-0.15, -0.1) is 0 Å². The van der Waals surface area contributed by atoms with Gasteiger partial charge in [0.1, 0.15) is 12.4 Å². The summed E-state index contributed by atoms with van der Waals surface area (Å²) < 4.78 is 29.7. The van der Waals surface area contributed by atoms with E-state index in [0.717, 1.165) is 37.2 Å². The largest absolute Gasteiger partial charge is 0.492 e. The molecule has 2 heterocycles. The minimum Gasteiger partial charge on any atom is -0.492 e. The minimum absolute atomic E-state index is 0.0527. The molecular formula is C22H25ClN2O5S. The fourth-order valence-corrected chi connectivity index (χ4v) is 5.51. The molecular weight excluding hydrogens is 440 g/mol. The second-order valence-corrected chi connectivity index (χ2v) is 10.5. The Labute approximate surface area is 186 Å². The van der Waals surface area contributed by atoms with Gasteiger partial charge in [0.05, 0.1) is 22.7 Å². The van der Waals surface area contributed by atoms with E-state index in [9.17, 15) is 13.2 Å². The van der Waals surface area contributed by atoms with E-state index in [1.165, 1.54) is 12.1 Å². The molecule has 2 aromatic carbocycles. The van der Waals surface area contributed by atoms with Crippen LogP contribution in [0.25, 0.3) is 0 Å². The number of aliphatic hydroxyl groups excluding tert-OH is 1. The molecule has 0 radical (unpaired) electrons. The molecule has 0 atom stereocenters. The Morgan fingerprint density at radius 2 is 1.84 bits per heavy atom. The maximum absolute atomic E-state index is 12.7. The molecule has 0 bridgehead atoms. The van der Waals surface area contributed by atoms with Gasteiger partial charge in [0, 0.05) is 17.3 Å². The van der Waals surface area contributed by atoms with Crippen molar-refractivity contribution >= 4 is 33.0 Å². The van der Waals surface area contributed by atoms with Gasteiger partial charge in [-0.05, 0) is 74.0 Å². The summed E-state index contributed by atoms with van der Waals surface area (Å²) >= 11 is 6.17. The predicted molar refractivity (Wildman–Crippen MR) is 119 cm³/mol. The maximum atomic E-state index is 12.7. The Kier molecular flexibility index (Phi) is 6.25. The van der Waals surface area contributed by atoms with E-state index >= 15 is 0 Å². The lowest BCUT2D eigenvalue weighted by atomic mass is 9.73. The second kappa shape index (κ2) is 8.78. The summed E-state index contributed by atoms with van der Waals surface area (Å²) in [5.41, 5.74) is 1.35. The number of halogens is 1. The van der Waals surface area contributed by atoms with E-state index in [2.05, 4.69) is 10.2 Å². The van der Waals surface area contributed by atoms with E-state index in [-0.39, 0.29) is 16.6 Å². The number of ether oxygens (including phenoxy) is 1. The predicted octanol–water partition coefficient (Wildman–Crippen LogP) is 2.47. The topological polar surface area (TPSA) is 95.9 Å². The molecule has 0 aliphatic carbocycles. The van der Waals surface area contributed by atoms with Crippen molar-refractivity contribution in [3.63, 3.8) is 0 Å². The number of hydrogen-bond donors (Lipinski definition) is 2. The van der Waals surface area contributed by atoms with E-state index in [0.29, 0.717) is 23.9 Å². The van der Waals surface area contributed by atoms with Gasteiger partial charge in [-0.25, -0.2) is 8.42 Å². The molecule has 9 heteroatoms. The number of anilines is 1. The molecule has 0 saturated carbocycles. The fourth-order valence-electron chi connectivity index (χ4n) is 4.31. The monoisotopic (exact) mass is 464 g/mol. The number of hydrogen-bond acceptors (Lipinski definition) is 6. The highest BCUT2D eigenvalue weighted by molar-refractivity contribution is 7.91. The van der Waals surface area contributed by atoms with Crippen molar-refractivity contribution in [2.75, 3.05) is 43.9 Å². The lowest BCUT2D eigenvalue weighted by Crippen LogP contribution is -2.47. The van der Waals surface area contributed by atoms with Gasteiger partial charge in [-0.1, -0.05) is 11.6 Å². The SMILES string of the molecule is O=C1Nc2ccc(Cl)cc2C12CCN(CCOc1ccc(S(=O)(=O)CCO)cc1)CC2. The zero-order chi connectivity index (χ0) is 22.1. The molecule has 0 aromatic heterocycles. The Balaban J connectivity index is 1.30. The molecule has 31 heavy (non-hydrogen) atoms. The average molecular weight is 465 g/mol. The Bertz CT molecular complexity index is 1060. The van der Waals surface area contributed by atoms with Crippen LogP contribution in [0.1, 0.15) is 18.4 Å². The summed E-state index contributed by atoms with van der Waals surface area (Å²) in [6.45, 7) is 2.33. The summed E-state index contributed by atoms with van der Waals surface area (Å²) in [5, 5.41) is 12.5. The van der Waals surface area contributed by atoms with Crippen LogP contribution < -0.4 is 10.1 Å². The average Bonchev–Trinajstić information content (AvgIpc) is 3.01. The van der Waals surface area contributed by atoms with Crippen LogP contribution in [0.15, 0.2) is 47.4 Å². The lowest BCUT2D eigenvalue weighted by molar-refractivity contribution is -0.122. The third-order valence-corrected chi connectivity index (χ3v) is 8.05. The number of nitrogens with zero attached hydrogens (tertiary/aromatic N) is 1. The number of rotatable bonds is 7. The first-order chi connectivity index (χ1) is 14.8. The number of carbonyl (C=O) groups excluding carboxylic acids is 1. The summed E-state index contributed by atoms with van der Waals surface area (Å²) in [7, 11) is -3.46. The van der Waals surface area contributed by atoms with Crippen molar-refractivity contribution < 1.29 is 23.1 Å². The molecule has 7 nitrogen and oxygen atoms in total. The highest BCUT2D eigenvalue weighted by atomic mass is 35.5. The zero-order valence-electron chi connectivity index (χ0n) is 17.0. The van der Waals surface area contributed by atoms with Crippen molar-refractivity contribution in [2.45, 2.75) is 23.2 Å². The first-order valence-corrected chi connectivity index (χ1v) is 12.3. The number of carbonyl (C=O) groups is 1. The molecule has 1 saturated heterocycles. The molecule has 166 valence electrons. The highest BCUT2D eigenvalue weighted by Crippen LogP contribution is 2.45. The van der Waals surface area contributed by atoms with Gasteiger partial charge >= 0.3 is 0 Å². The van der Waals surface area contributed by atoms with Crippen LogP contribution in [0.2, 0.25) is 5.02 Å². The van der Waals surface area contributed by atoms with E-state index in [4.69, 9.17) is 21.4 Å². The smallest absolute Gasteiger partial charge is 0.235 e. The van der Waals surface area contributed by atoms with Gasteiger partial charge in [-0.3, -0.25) is 9.69 Å². The first-order valence-electron chi connectivity index (χ1n) is 10.2. The van der Waals surface area contributed by atoms with E-state index < -0.39 is 21.9 Å². The van der Waals surface area contributed by atoms with Gasteiger partial charge in [0.25, 0.3) is 0 Å². The van der Waals surface area contributed by atoms with Gasteiger partial charge in [0.15, 0.2) is 9.84 Å². The van der Waals surface area contributed by atoms with Crippen LogP contribution >= 0.6 is 11.6 Å². The van der Waals surface area contributed by atoms with Crippen LogP contribution in [-0.4, -0.2) is 62.9 Å². The third kappa shape index (κ3) is 4.43. The summed E-state index contributed by atoms with van der Waals surface area (Å²) in [6, 6.07) is 11.8. The Morgan fingerprint density at radius 1 is 1.13 bits per heavy atom. The molecule has 1 fully saturated rings. The minimum atomic E-state index is -3.46. The molecule has 0 unspecified atom stereocenters. The fraction of sp³-hybridized carbons (Fsp3) is 0.409. The zero-order valence-corrected chi connectivity index (χ0v) is 18.6. The van der Waals surface area contributed by atoms with Crippen LogP contribution in [-0.2, 0) is 20.0 Å². The van der Waals surface area contributed by atoms with Crippen molar-refractivity contribution in [3.8, 4) is 5.75 Å². The molecule has 2 aromatic rings.